The van der Waals surface area contributed by atoms with Crippen LogP contribution in [0.2, 0.25) is 0 Å². The highest BCUT2D eigenvalue weighted by Crippen LogP contribution is 2.48. The van der Waals surface area contributed by atoms with Gasteiger partial charge in [0.25, 0.3) is 0 Å². The van der Waals surface area contributed by atoms with Crippen molar-refractivity contribution in [3.05, 3.63) is 35.9 Å². The van der Waals surface area contributed by atoms with E-state index in [0.29, 0.717) is 0 Å². The number of likely N-dealkylation sites (N-methyl/N-ethyl adjacent to an activating group) is 1. The predicted molar refractivity (Wildman–Crippen MR) is 55.7 cm³/mol. The Labute approximate surface area is 80.4 Å². The molecule has 1 saturated heterocycles. The van der Waals surface area contributed by atoms with Crippen molar-refractivity contribution >= 4 is 8.30 Å². The van der Waals surface area contributed by atoms with Gasteiger partial charge in [-0.1, -0.05) is 30.3 Å². The molecule has 1 aromatic carbocycles. The second-order valence-electron chi connectivity index (χ2n) is 3.31. The van der Waals surface area contributed by atoms with Gasteiger partial charge in [-0.15, -0.1) is 0 Å². The minimum atomic E-state index is -0.356. The largest absolute Gasteiger partial charge is 0.335 e. The topological polar surface area (TPSA) is 12.5 Å². The third-order valence-corrected chi connectivity index (χ3v) is 4.05. The Morgan fingerprint density at radius 2 is 2.08 bits per heavy atom. The molecule has 2 rings (SSSR count). The first-order valence-electron chi connectivity index (χ1n) is 4.44. The second-order valence-corrected chi connectivity index (χ2v) is 5.13. The molecule has 1 aliphatic rings. The average molecular weight is 195 g/mol. The van der Waals surface area contributed by atoms with E-state index in [1.807, 2.05) is 6.07 Å². The van der Waals surface area contributed by atoms with E-state index in [1.54, 1.807) is 0 Å². The van der Waals surface area contributed by atoms with Gasteiger partial charge in [0.15, 0.2) is 0 Å². The standard InChI is InChI=1S/C10H14NOP/c1-11-8-10(12-13(11)2)9-6-4-3-5-7-9/h3-7,10H,8H2,1-2H3. The highest BCUT2D eigenvalue weighted by molar-refractivity contribution is 7.49. The monoisotopic (exact) mass is 195 g/mol. The van der Waals surface area contributed by atoms with Crippen LogP contribution in [0, 0.1) is 0 Å². The molecule has 3 heteroatoms. The van der Waals surface area contributed by atoms with Gasteiger partial charge in [-0.3, -0.25) is 4.67 Å². The smallest absolute Gasteiger partial charge is 0.101 e. The Balaban J connectivity index is 2.12. The van der Waals surface area contributed by atoms with Crippen LogP contribution in [0.15, 0.2) is 30.3 Å². The van der Waals surface area contributed by atoms with Crippen molar-refractivity contribution in [1.29, 1.82) is 0 Å². The summed E-state index contributed by atoms with van der Waals surface area (Å²) in [4.78, 5) is 0. The van der Waals surface area contributed by atoms with E-state index in [4.69, 9.17) is 4.52 Å². The molecule has 0 radical (unpaired) electrons. The fourth-order valence-corrected chi connectivity index (χ4v) is 2.58. The van der Waals surface area contributed by atoms with Gasteiger partial charge in [0.05, 0.1) is 0 Å². The molecule has 0 spiro atoms. The Morgan fingerprint density at radius 3 is 2.62 bits per heavy atom. The van der Waals surface area contributed by atoms with Crippen molar-refractivity contribution in [2.24, 2.45) is 0 Å². The molecule has 13 heavy (non-hydrogen) atoms. The van der Waals surface area contributed by atoms with Gasteiger partial charge in [-0.05, 0) is 19.3 Å². The van der Waals surface area contributed by atoms with E-state index in [2.05, 4.69) is 42.6 Å². The maximum absolute atomic E-state index is 5.85. The van der Waals surface area contributed by atoms with Crippen molar-refractivity contribution in [1.82, 2.24) is 4.67 Å². The molecule has 0 N–H and O–H groups in total. The highest BCUT2D eigenvalue weighted by atomic mass is 31.2. The van der Waals surface area contributed by atoms with Crippen molar-refractivity contribution in [3.63, 3.8) is 0 Å². The SMILES string of the molecule is CN1CC(c2ccccc2)OP1C. The molecule has 0 amide bonds. The lowest BCUT2D eigenvalue weighted by molar-refractivity contribution is 0.264. The number of rotatable bonds is 1. The molecule has 0 bridgehead atoms. The summed E-state index contributed by atoms with van der Waals surface area (Å²) in [7, 11) is 1.76. The molecule has 1 aliphatic heterocycles. The van der Waals surface area contributed by atoms with Gasteiger partial charge in [0.2, 0.25) is 0 Å². The molecule has 1 heterocycles. The molecule has 1 aromatic rings. The lowest BCUT2D eigenvalue weighted by Gasteiger charge is -2.09. The Kier molecular flexibility index (Phi) is 2.63. The van der Waals surface area contributed by atoms with E-state index in [1.165, 1.54) is 5.56 Å². The van der Waals surface area contributed by atoms with E-state index in [9.17, 15) is 0 Å². The van der Waals surface area contributed by atoms with Crippen LogP contribution in [-0.4, -0.2) is 24.9 Å². The van der Waals surface area contributed by atoms with Crippen LogP contribution in [-0.2, 0) is 4.52 Å². The van der Waals surface area contributed by atoms with Gasteiger partial charge in [-0.2, -0.15) is 0 Å². The molecule has 1 fully saturated rings. The Morgan fingerprint density at radius 1 is 1.38 bits per heavy atom. The van der Waals surface area contributed by atoms with Gasteiger partial charge in [0, 0.05) is 6.54 Å². The van der Waals surface area contributed by atoms with Crippen LogP contribution in [0.5, 0.6) is 0 Å². The van der Waals surface area contributed by atoms with E-state index in [-0.39, 0.29) is 14.4 Å². The zero-order chi connectivity index (χ0) is 9.26. The fourth-order valence-electron chi connectivity index (χ4n) is 1.49. The summed E-state index contributed by atoms with van der Waals surface area (Å²) in [6, 6.07) is 10.4. The number of benzene rings is 1. The van der Waals surface area contributed by atoms with E-state index in [0.717, 1.165) is 6.54 Å². The summed E-state index contributed by atoms with van der Waals surface area (Å²) in [5.74, 6) is 0. The molecular weight excluding hydrogens is 181 g/mol. The minimum absolute atomic E-state index is 0.280. The summed E-state index contributed by atoms with van der Waals surface area (Å²) in [6.45, 7) is 3.17. The van der Waals surface area contributed by atoms with Gasteiger partial charge >= 0.3 is 0 Å². The molecular formula is C10H14NOP. The maximum atomic E-state index is 5.85. The first-order valence-corrected chi connectivity index (χ1v) is 6.10. The second kappa shape index (κ2) is 3.75. The minimum Gasteiger partial charge on any atom is -0.335 e. The first-order chi connectivity index (χ1) is 6.27. The molecule has 2 atom stereocenters. The quantitative estimate of drug-likeness (QED) is 0.639. The summed E-state index contributed by atoms with van der Waals surface area (Å²) in [6.07, 6.45) is 0.280. The van der Waals surface area contributed by atoms with Gasteiger partial charge in [0.1, 0.15) is 14.4 Å². The lowest BCUT2D eigenvalue weighted by Crippen LogP contribution is -2.09. The molecule has 0 aromatic heterocycles. The molecule has 0 aliphatic carbocycles. The number of hydrogen-bond acceptors (Lipinski definition) is 2. The van der Waals surface area contributed by atoms with Gasteiger partial charge in [-0.25, -0.2) is 0 Å². The third-order valence-electron chi connectivity index (χ3n) is 2.36. The summed E-state index contributed by atoms with van der Waals surface area (Å²) in [5, 5.41) is 0. The molecule has 70 valence electrons. The molecule has 2 unspecified atom stereocenters. The molecule has 0 saturated carbocycles. The van der Waals surface area contributed by atoms with E-state index < -0.39 is 0 Å². The van der Waals surface area contributed by atoms with Crippen molar-refractivity contribution in [2.75, 3.05) is 20.3 Å². The zero-order valence-electron chi connectivity index (χ0n) is 7.97. The van der Waals surface area contributed by atoms with E-state index >= 15 is 0 Å². The molecule has 2 nitrogen and oxygen atoms in total. The van der Waals surface area contributed by atoms with Crippen molar-refractivity contribution in [3.8, 4) is 0 Å². The van der Waals surface area contributed by atoms with Gasteiger partial charge < -0.3 is 4.52 Å². The van der Waals surface area contributed by atoms with Crippen LogP contribution in [0.4, 0.5) is 0 Å². The first kappa shape index (κ1) is 9.14. The summed E-state index contributed by atoms with van der Waals surface area (Å²) < 4.78 is 8.14. The number of hydrogen-bond donors (Lipinski definition) is 0. The summed E-state index contributed by atoms with van der Waals surface area (Å²) >= 11 is 0. The average Bonchev–Trinajstić information content (AvgIpc) is 2.49. The van der Waals surface area contributed by atoms with Crippen LogP contribution in [0.25, 0.3) is 0 Å². The Bertz CT molecular complexity index is 268. The maximum Gasteiger partial charge on any atom is 0.101 e. The van der Waals surface area contributed by atoms with Crippen LogP contribution in [0.1, 0.15) is 11.7 Å². The predicted octanol–water partition coefficient (Wildman–Crippen LogP) is 2.63. The highest BCUT2D eigenvalue weighted by Gasteiger charge is 2.27. The summed E-state index contributed by atoms with van der Waals surface area (Å²) in [5.41, 5.74) is 1.29. The lowest BCUT2D eigenvalue weighted by atomic mass is 10.1. The van der Waals surface area contributed by atoms with Crippen molar-refractivity contribution < 1.29 is 4.52 Å². The zero-order valence-corrected chi connectivity index (χ0v) is 8.87. The Hall–Kier alpha value is -0.430. The van der Waals surface area contributed by atoms with Crippen LogP contribution in [0.3, 0.4) is 0 Å². The fraction of sp³-hybridized carbons (Fsp3) is 0.400. The van der Waals surface area contributed by atoms with Crippen LogP contribution < -0.4 is 0 Å². The third kappa shape index (κ3) is 1.91. The van der Waals surface area contributed by atoms with Crippen molar-refractivity contribution in [2.45, 2.75) is 6.10 Å². The van der Waals surface area contributed by atoms with Crippen LogP contribution >= 0.6 is 8.30 Å². The normalized spacial score (nSPS) is 29.4. The number of nitrogens with zero attached hydrogens (tertiary/aromatic N) is 1.